The zero-order chi connectivity index (χ0) is 18.2. The van der Waals surface area contributed by atoms with Gasteiger partial charge in [0.1, 0.15) is 23.2 Å². The third-order valence-electron chi connectivity index (χ3n) is 3.53. The molecule has 0 aliphatic carbocycles. The van der Waals surface area contributed by atoms with Crippen molar-refractivity contribution in [1.29, 1.82) is 0 Å². The molecular formula is C17H22N4O4. The summed E-state index contributed by atoms with van der Waals surface area (Å²) in [5.74, 6) is 0.293. The molecule has 0 unspecified atom stereocenters. The molecule has 0 fully saturated rings. The topological polar surface area (TPSA) is 105 Å². The Hall–Kier alpha value is -2.87. The molecule has 2 aromatic rings. The molecule has 8 heteroatoms. The van der Waals surface area contributed by atoms with Gasteiger partial charge < -0.3 is 20.1 Å². The molecule has 0 saturated carbocycles. The van der Waals surface area contributed by atoms with E-state index in [1.54, 1.807) is 21.0 Å². The van der Waals surface area contributed by atoms with E-state index in [1.165, 1.54) is 6.20 Å². The van der Waals surface area contributed by atoms with Gasteiger partial charge in [0.15, 0.2) is 0 Å². The first kappa shape index (κ1) is 18.5. The lowest BCUT2D eigenvalue weighted by Crippen LogP contribution is -2.29. The Labute approximate surface area is 145 Å². The number of carbonyl (C=O) groups is 2. The maximum Gasteiger partial charge on any atom is 0.256 e. The van der Waals surface area contributed by atoms with Crippen LogP contribution in [0.5, 0.6) is 5.75 Å². The number of aromatic nitrogens is 2. The van der Waals surface area contributed by atoms with E-state index in [-0.39, 0.29) is 23.2 Å². The number of nitrogens with one attached hydrogen (secondary N) is 3. The standard InChI is InChI=1S/C17H22N4O4/c1-4-25-11(2)16(22)20-15-14(10-19-21-15)17(23)18-9-12-5-7-13(24-3)8-6-12/h5-8,10-11H,4,9H2,1-3H3,(H,18,23)(H2,19,20,21,22)/t11-/m1/s1. The summed E-state index contributed by atoms with van der Waals surface area (Å²) in [7, 11) is 1.60. The zero-order valence-electron chi connectivity index (χ0n) is 14.5. The van der Waals surface area contributed by atoms with Gasteiger partial charge in [-0.15, -0.1) is 0 Å². The van der Waals surface area contributed by atoms with Gasteiger partial charge in [-0.2, -0.15) is 5.10 Å². The van der Waals surface area contributed by atoms with E-state index >= 15 is 0 Å². The van der Waals surface area contributed by atoms with Gasteiger partial charge in [0.2, 0.25) is 0 Å². The highest BCUT2D eigenvalue weighted by Gasteiger charge is 2.19. The van der Waals surface area contributed by atoms with E-state index in [4.69, 9.17) is 9.47 Å². The lowest BCUT2D eigenvalue weighted by molar-refractivity contribution is -0.126. The van der Waals surface area contributed by atoms with Crippen LogP contribution in [-0.2, 0) is 16.1 Å². The first-order chi connectivity index (χ1) is 12.0. The van der Waals surface area contributed by atoms with Crippen LogP contribution < -0.4 is 15.4 Å². The van der Waals surface area contributed by atoms with Gasteiger partial charge in [-0.05, 0) is 31.5 Å². The van der Waals surface area contributed by atoms with Crippen molar-refractivity contribution in [2.75, 3.05) is 19.0 Å². The summed E-state index contributed by atoms with van der Waals surface area (Å²) in [4.78, 5) is 24.3. The van der Waals surface area contributed by atoms with Crippen molar-refractivity contribution >= 4 is 17.6 Å². The number of H-pyrrole nitrogens is 1. The van der Waals surface area contributed by atoms with Crippen LogP contribution in [0.3, 0.4) is 0 Å². The van der Waals surface area contributed by atoms with Crippen molar-refractivity contribution in [2.24, 2.45) is 0 Å². The number of hydrogen-bond acceptors (Lipinski definition) is 5. The summed E-state index contributed by atoms with van der Waals surface area (Å²) in [5.41, 5.74) is 1.18. The van der Waals surface area contributed by atoms with Crippen LogP contribution in [0.1, 0.15) is 29.8 Å². The predicted molar refractivity (Wildman–Crippen MR) is 92.5 cm³/mol. The van der Waals surface area contributed by atoms with Gasteiger partial charge in [0, 0.05) is 13.2 Å². The summed E-state index contributed by atoms with van der Waals surface area (Å²) < 4.78 is 10.3. The fourth-order valence-corrected chi connectivity index (χ4v) is 2.13. The van der Waals surface area contributed by atoms with E-state index in [2.05, 4.69) is 20.8 Å². The number of rotatable bonds is 8. The molecule has 0 aliphatic rings. The van der Waals surface area contributed by atoms with Crippen molar-refractivity contribution in [1.82, 2.24) is 15.5 Å². The highest BCUT2D eigenvalue weighted by atomic mass is 16.5. The summed E-state index contributed by atoms with van der Waals surface area (Å²) >= 11 is 0. The number of benzene rings is 1. The molecule has 25 heavy (non-hydrogen) atoms. The van der Waals surface area contributed by atoms with Crippen molar-refractivity contribution in [3.63, 3.8) is 0 Å². The fourth-order valence-electron chi connectivity index (χ4n) is 2.13. The molecule has 3 N–H and O–H groups in total. The molecule has 0 aliphatic heterocycles. The molecule has 1 aromatic heterocycles. The monoisotopic (exact) mass is 346 g/mol. The van der Waals surface area contributed by atoms with Gasteiger partial charge >= 0.3 is 0 Å². The van der Waals surface area contributed by atoms with Gasteiger partial charge in [0.25, 0.3) is 11.8 Å². The molecule has 8 nitrogen and oxygen atoms in total. The summed E-state index contributed by atoms with van der Waals surface area (Å²) in [5, 5.41) is 11.8. The van der Waals surface area contributed by atoms with Crippen molar-refractivity contribution in [2.45, 2.75) is 26.5 Å². The number of amides is 2. The van der Waals surface area contributed by atoms with Crippen LogP contribution in [0.2, 0.25) is 0 Å². The number of ether oxygens (including phenoxy) is 2. The predicted octanol–water partition coefficient (Wildman–Crippen LogP) is 1.71. The van der Waals surface area contributed by atoms with Crippen molar-refractivity contribution in [3.8, 4) is 5.75 Å². The highest BCUT2D eigenvalue weighted by molar-refractivity contribution is 6.03. The van der Waals surface area contributed by atoms with E-state index in [0.29, 0.717) is 13.2 Å². The highest BCUT2D eigenvalue weighted by Crippen LogP contribution is 2.13. The second-order valence-corrected chi connectivity index (χ2v) is 5.28. The number of aromatic amines is 1. The molecule has 1 atom stereocenters. The number of nitrogens with zero attached hydrogens (tertiary/aromatic N) is 1. The molecule has 1 heterocycles. The molecular weight excluding hydrogens is 324 g/mol. The molecule has 2 amide bonds. The van der Waals surface area contributed by atoms with Gasteiger partial charge in [-0.3, -0.25) is 14.7 Å². The third-order valence-corrected chi connectivity index (χ3v) is 3.53. The van der Waals surface area contributed by atoms with Crippen LogP contribution in [0, 0.1) is 0 Å². The van der Waals surface area contributed by atoms with Gasteiger partial charge in [-0.1, -0.05) is 12.1 Å². The van der Waals surface area contributed by atoms with Crippen LogP contribution in [0.25, 0.3) is 0 Å². The van der Waals surface area contributed by atoms with Crippen molar-refractivity contribution in [3.05, 3.63) is 41.6 Å². The SMILES string of the molecule is CCO[C@H](C)C(=O)Nc1[nH]ncc1C(=O)NCc1ccc(OC)cc1. The Morgan fingerprint density at radius 3 is 2.64 bits per heavy atom. The second-order valence-electron chi connectivity index (χ2n) is 5.28. The normalized spacial score (nSPS) is 11.6. The maximum atomic E-state index is 12.3. The summed E-state index contributed by atoms with van der Waals surface area (Å²) in [6.45, 7) is 4.21. The summed E-state index contributed by atoms with van der Waals surface area (Å²) in [6.07, 6.45) is 0.744. The Morgan fingerprint density at radius 1 is 1.28 bits per heavy atom. The van der Waals surface area contributed by atoms with Crippen LogP contribution in [0.4, 0.5) is 5.82 Å². The second kappa shape index (κ2) is 8.84. The summed E-state index contributed by atoms with van der Waals surface area (Å²) in [6, 6.07) is 7.36. The zero-order valence-corrected chi connectivity index (χ0v) is 14.5. The maximum absolute atomic E-state index is 12.3. The lowest BCUT2D eigenvalue weighted by atomic mass is 10.2. The Morgan fingerprint density at radius 2 is 2.00 bits per heavy atom. The van der Waals surface area contributed by atoms with Crippen molar-refractivity contribution < 1.29 is 19.1 Å². The molecule has 0 spiro atoms. The molecule has 134 valence electrons. The molecule has 1 aromatic carbocycles. The van der Waals surface area contributed by atoms with E-state index < -0.39 is 6.10 Å². The minimum absolute atomic E-state index is 0.240. The largest absolute Gasteiger partial charge is 0.497 e. The lowest BCUT2D eigenvalue weighted by Gasteiger charge is -2.12. The van der Waals surface area contributed by atoms with E-state index in [1.807, 2.05) is 24.3 Å². The Balaban J connectivity index is 1.95. The van der Waals surface area contributed by atoms with E-state index in [9.17, 15) is 9.59 Å². The quantitative estimate of drug-likeness (QED) is 0.675. The smallest absolute Gasteiger partial charge is 0.256 e. The fraction of sp³-hybridized carbons (Fsp3) is 0.353. The van der Waals surface area contributed by atoms with Crippen LogP contribution in [-0.4, -0.2) is 41.8 Å². The Bertz CT molecular complexity index is 712. The van der Waals surface area contributed by atoms with Gasteiger partial charge in [-0.25, -0.2) is 0 Å². The number of methoxy groups -OCH3 is 1. The first-order valence-corrected chi connectivity index (χ1v) is 7.92. The minimum Gasteiger partial charge on any atom is -0.497 e. The average Bonchev–Trinajstić information content (AvgIpc) is 3.08. The molecule has 2 rings (SSSR count). The number of carbonyl (C=O) groups excluding carboxylic acids is 2. The minimum atomic E-state index is -0.622. The Kier molecular flexibility index (Phi) is 6.53. The first-order valence-electron chi connectivity index (χ1n) is 7.92. The molecule has 0 bridgehead atoms. The molecule has 0 radical (unpaired) electrons. The van der Waals surface area contributed by atoms with E-state index in [0.717, 1.165) is 11.3 Å². The van der Waals surface area contributed by atoms with Crippen LogP contribution in [0.15, 0.2) is 30.5 Å². The molecule has 0 saturated heterocycles. The van der Waals surface area contributed by atoms with Crippen LogP contribution >= 0.6 is 0 Å². The third kappa shape index (κ3) is 5.05. The number of anilines is 1. The number of hydrogen-bond donors (Lipinski definition) is 3. The van der Waals surface area contributed by atoms with Gasteiger partial charge in [0.05, 0.1) is 13.3 Å². The average molecular weight is 346 g/mol.